The number of urea groups is 1. The van der Waals surface area contributed by atoms with Crippen molar-refractivity contribution in [2.24, 2.45) is 5.41 Å². The molecule has 1 atom stereocenters. The summed E-state index contributed by atoms with van der Waals surface area (Å²) in [7, 11) is 0. The Morgan fingerprint density at radius 3 is 2.40 bits per heavy atom. The molecule has 1 aromatic carbocycles. The molecule has 2 aliphatic heterocycles. The topological polar surface area (TPSA) is 60.9 Å². The number of hydrogen-bond acceptors (Lipinski definition) is 3. The highest BCUT2D eigenvalue weighted by Crippen LogP contribution is 2.33. The summed E-state index contributed by atoms with van der Waals surface area (Å²) in [5, 5.41) is 9.59. The number of carbonyl (C=O) groups is 2. The number of benzene rings is 1. The van der Waals surface area contributed by atoms with Crippen molar-refractivity contribution in [3.63, 3.8) is 0 Å². The van der Waals surface area contributed by atoms with E-state index >= 15 is 0 Å². The van der Waals surface area contributed by atoms with Crippen LogP contribution in [0, 0.1) is 11.2 Å². The normalized spacial score (nSPS) is 22.9. The van der Waals surface area contributed by atoms with Crippen molar-refractivity contribution in [1.82, 2.24) is 9.80 Å². The molecule has 2 amide bonds. The molecule has 0 bridgehead atoms. The summed E-state index contributed by atoms with van der Waals surface area (Å²) < 4.78 is 13.0. The molecule has 2 heterocycles. The highest BCUT2D eigenvalue weighted by Gasteiger charge is 2.39. The van der Waals surface area contributed by atoms with Gasteiger partial charge in [-0.25, -0.2) is 9.18 Å². The van der Waals surface area contributed by atoms with E-state index in [4.69, 9.17) is 0 Å². The van der Waals surface area contributed by atoms with E-state index in [1.165, 1.54) is 12.1 Å². The predicted molar refractivity (Wildman–Crippen MR) is 94.2 cm³/mol. The number of amides is 2. The van der Waals surface area contributed by atoms with E-state index < -0.39 is 11.4 Å². The lowest BCUT2D eigenvalue weighted by molar-refractivity contribution is -0.150. The van der Waals surface area contributed by atoms with E-state index in [2.05, 4.69) is 0 Å². The maximum absolute atomic E-state index is 13.0. The summed E-state index contributed by atoms with van der Waals surface area (Å²) >= 11 is 1.67. The van der Waals surface area contributed by atoms with E-state index in [1.807, 2.05) is 4.90 Å². The minimum absolute atomic E-state index is 0.00893. The van der Waals surface area contributed by atoms with Crippen LogP contribution in [0.25, 0.3) is 0 Å². The van der Waals surface area contributed by atoms with Crippen LogP contribution in [0.5, 0.6) is 0 Å². The van der Waals surface area contributed by atoms with E-state index in [0.29, 0.717) is 44.3 Å². The molecule has 0 radical (unpaired) electrons. The van der Waals surface area contributed by atoms with Crippen molar-refractivity contribution in [2.75, 3.05) is 26.2 Å². The Labute approximate surface area is 151 Å². The first kappa shape index (κ1) is 18.0. The van der Waals surface area contributed by atoms with Crippen LogP contribution in [0.15, 0.2) is 29.2 Å². The Balaban J connectivity index is 1.51. The molecule has 0 aromatic heterocycles. The zero-order chi connectivity index (χ0) is 18.0. The third-order valence-corrected chi connectivity index (χ3v) is 6.45. The molecule has 25 heavy (non-hydrogen) atoms. The van der Waals surface area contributed by atoms with Crippen LogP contribution in [0.3, 0.4) is 0 Å². The number of hydrogen-bond donors (Lipinski definition) is 1. The maximum atomic E-state index is 13.0. The highest BCUT2D eigenvalue weighted by atomic mass is 32.2. The fourth-order valence-electron chi connectivity index (χ4n) is 3.31. The van der Waals surface area contributed by atoms with Crippen molar-refractivity contribution in [3.8, 4) is 0 Å². The second-order valence-electron chi connectivity index (χ2n) is 7.06. The molecule has 0 aliphatic carbocycles. The van der Waals surface area contributed by atoms with Crippen LogP contribution >= 0.6 is 11.8 Å². The molecule has 5 nitrogen and oxygen atoms in total. The van der Waals surface area contributed by atoms with Gasteiger partial charge in [-0.2, -0.15) is 0 Å². The monoisotopic (exact) mass is 366 g/mol. The van der Waals surface area contributed by atoms with Crippen molar-refractivity contribution in [1.29, 1.82) is 0 Å². The standard InChI is InChI=1S/C18H23FN2O3S/c1-18(16(22)23)7-10-20(11-8-18)17(24)21-9-6-15(12-21)25-14-4-2-13(19)3-5-14/h2-5,15H,6-12H2,1H3,(H,22,23). The SMILES string of the molecule is CC1(C(=O)O)CCN(C(=O)N2CCC(Sc3ccc(F)cc3)C2)CC1. The van der Waals surface area contributed by atoms with Crippen molar-refractivity contribution < 1.29 is 19.1 Å². The van der Waals surface area contributed by atoms with Crippen molar-refractivity contribution in [2.45, 2.75) is 36.3 Å². The number of rotatable bonds is 3. The van der Waals surface area contributed by atoms with Crippen LogP contribution in [-0.2, 0) is 4.79 Å². The molecule has 0 saturated carbocycles. The summed E-state index contributed by atoms with van der Waals surface area (Å²) in [6.45, 7) is 4.13. The number of nitrogens with zero attached hydrogens (tertiary/aromatic N) is 2. The molecule has 136 valence electrons. The number of carbonyl (C=O) groups excluding carboxylic acids is 1. The van der Waals surface area contributed by atoms with Crippen molar-refractivity contribution >= 4 is 23.8 Å². The quantitative estimate of drug-likeness (QED) is 0.892. The number of halogens is 1. The van der Waals surface area contributed by atoms with E-state index in [9.17, 15) is 19.1 Å². The van der Waals surface area contributed by atoms with E-state index in [0.717, 1.165) is 11.3 Å². The third kappa shape index (κ3) is 4.08. The average molecular weight is 366 g/mol. The Bertz CT molecular complexity index is 644. The Morgan fingerprint density at radius 1 is 1.16 bits per heavy atom. The first-order chi connectivity index (χ1) is 11.9. The molecule has 1 aromatic rings. The van der Waals surface area contributed by atoms with Crippen LogP contribution < -0.4 is 0 Å². The molecule has 2 saturated heterocycles. The van der Waals surface area contributed by atoms with Crippen molar-refractivity contribution in [3.05, 3.63) is 30.1 Å². The van der Waals surface area contributed by atoms with Gasteiger partial charge in [-0.15, -0.1) is 11.8 Å². The molecule has 3 rings (SSSR count). The fourth-order valence-corrected chi connectivity index (χ4v) is 4.47. The summed E-state index contributed by atoms with van der Waals surface area (Å²) in [6, 6.07) is 6.44. The lowest BCUT2D eigenvalue weighted by Gasteiger charge is -2.38. The highest BCUT2D eigenvalue weighted by molar-refractivity contribution is 8.00. The number of likely N-dealkylation sites (tertiary alicyclic amines) is 2. The Morgan fingerprint density at radius 2 is 1.80 bits per heavy atom. The smallest absolute Gasteiger partial charge is 0.320 e. The largest absolute Gasteiger partial charge is 0.481 e. The van der Waals surface area contributed by atoms with Crippen LogP contribution in [0.4, 0.5) is 9.18 Å². The minimum atomic E-state index is -0.781. The number of aliphatic carboxylic acids is 1. The average Bonchev–Trinajstić information content (AvgIpc) is 3.05. The fraction of sp³-hybridized carbons (Fsp3) is 0.556. The molecule has 2 aliphatic rings. The summed E-state index contributed by atoms with van der Waals surface area (Å²) in [5.41, 5.74) is -0.719. The minimum Gasteiger partial charge on any atom is -0.481 e. The van der Waals surface area contributed by atoms with Gasteiger partial charge in [-0.05, 0) is 50.5 Å². The molecule has 2 fully saturated rings. The van der Waals surface area contributed by atoms with Crippen LogP contribution in [0.2, 0.25) is 0 Å². The number of piperidine rings is 1. The lowest BCUT2D eigenvalue weighted by Crippen LogP contribution is -2.49. The first-order valence-corrected chi connectivity index (χ1v) is 9.45. The summed E-state index contributed by atoms with van der Waals surface area (Å²) in [4.78, 5) is 28.6. The van der Waals surface area contributed by atoms with Gasteiger partial charge in [0.25, 0.3) is 0 Å². The summed E-state index contributed by atoms with van der Waals surface area (Å²) in [5.74, 6) is -1.03. The van der Waals surface area contributed by atoms with Crippen LogP contribution in [-0.4, -0.2) is 58.3 Å². The third-order valence-electron chi connectivity index (χ3n) is 5.19. The van der Waals surface area contributed by atoms with Gasteiger partial charge in [-0.1, -0.05) is 0 Å². The molecule has 7 heteroatoms. The maximum Gasteiger partial charge on any atom is 0.320 e. The van der Waals surface area contributed by atoms with Gasteiger partial charge < -0.3 is 14.9 Å². The van der Waals surface area contributed by atoms with Gasteiger partial charge in [0.05, 0.1) is 5.41 Å². The molecule has 0 spiro atoms. The number of thioether (sulfide) groups is 1. The van der Waals surface area contributed by atoms with E-state index in [1.54, 1.807) is 35.7 Å². The first-order valence-electron chi connectivity index (χ1n) is 8.57. The lowest BCUT2D eigenvalue weighted by atomic mass is 9.80. The molecular weight excluding hydrogens is 343 g/mol. The summed E-state index contributed by atoms with van der Waals surface area (Å²) in [6.07, 6.45) is 1.90. The zero-order valence-electron chi connectivity index (χ0n) is 14.3. The number of carboxylic acid groups (broad SMARTS) is 1. The van der Waals surface area contributed by atoms with Crippen LogP contribution in [0.1, 0.15) is 26.2 Å². The Hall–Kier alpha value is -1.76. The van der Waals surface area contributed by atoms with Gasteiger partial charge in [0.1, 0.15) is 5.82 Å². The molecular formula is C18H23FN2O3S. The number of carboxylic acids is 1. The molecule has 1 unspecified atom stereocenters. The Kier molecular flexibility index (Phi) is 5.22. The van der Waals surface area contributed by atoms with Gasteiger partial charge >= 0.3 is 12.0 Å². The predicted octanol–water partition coefficient (Wildman–Crippen LogP) is 3.30. The second kappa shape index (κ2) is 7.23. The van der Waals surface area contributed by atoms with Gasteiger partial charge in [0.2, 0.25) is 0 Å². The van der Waals surface area contributed by atoms with Gasteiger partial charge in [0.15, 0.2) is 0 Å². The van der Waals surface area contributed by atoms with Gasteiger partial charge in [0, 0.05) is 36.3 Å². The second-order valence-corrected chi connectivity index (χ2v) is 8.44. The zero-order valence-corrected chi connectivity index (χ0v) is 15.1. The molecule has 1 N–H and O–H groups in total. The van der Waals surface area contributed by atoms with Gasteiger partial charge in [-0.3, -0.25) is 4.79 Å². The van der Waals surface area contributed by atoms with E-state index in [-0.39, 0.29) is 11.8 Å².